The van der Waals surface area contributed by atoms with E-state index >= 15 is 0 Å². The van der Waals surface area contributed by atoms with E-state index in [1.165, 1.54) is 0 Å². The van der Waals surface area contributed by atoms with E-state index in [1.54, 1.807) is 36.4 Å². The fraction of sp³-hybridized carbons (Fsp3) is 0.263. The van der Waals surface area contributed by atoms with Gasteiger partial charge >= 0.3 is 0 Å². The van der Waals surface area contributed by atoms with Gasteiger partial charge in [0.1, 0.15) is 0 Å². The van der Waals surface area contributed by atoms with Crippen LogP contribution < -0.4 is 10.6 Å². The zero-order valence-corrected chi connectivity index (χ0v) is 14.8. The molecular formula is C19H21ClN2O2. The summed E-state index contributed by atoms with van der Waals surface area (Å²) in [6.45, 7) is 5.83. The minimum absolute atomic E-state index is 0.0871. The average Bonchev–Trinajstić information content (AvgIpc) is 2.58. The van der Waals surface area contributed by atoms with Crippen LogP contribution in [-0.2, 0) is 0 Å². The number of hydrogen-bond donors (Lipinski definition) is 2. The second kappa shape index (κ2) is 7.97. The van der Waals surface area contributed by atoms with E-state index in [1.807, 2.05) is 26.8 Å². The standard InChI is InChI=1S/C19H21ClN2O2/c1-4-13(3)21-18(23)14-6-5-7-15(10-14)19(24)22-17-11-16(20)9-8-12(17)2/h5-11,13H,4H2,1-3H3,(H,21,23)(H,22,24). The summed E-state index contributed by atoms with van der Waals surface area (Å²) in [5, 5.41) is 6.27. The number of halogens is 1. The van der Waals surface area contributed by atoms with Gasteiger partial charge in [-0.3, -0.25) is 9.59 Å². The van der Waals surface area contributed by atoms with Gasteiger partial charge in [-0.15, -0.1) is 0 Å². The molecule has 0 aliphatic rings. The van der Waals surface area contributed by atoms with Gasteiger partial charge in [0.15, 0.2) is 0 Å². The molecule has 5 heteroatoms. The van der Waals surface area contributed by atoms with Crippen molar-refractivity contribution in [1.29, 1.82) is 0 Å². The summed E-state index contributed by atoms with van der Waals surface area (Å²) in [5.41, 5.74) is 2.46. The molecule has 2 amide bonds. The van der Waals surface area contributed by atoms with Crippen LogP contribution >= 0.6 is 11.6 Å². The summed E-state index contributed by atoms with van der Waals surface area (Å²) in [5.74, 6) is -0.462. The summed E-state index contributed by atoms with van der Waals surface area (Å²) in [6.07, 6.45) is 0.847. The first kappa shape index (κ1) is 18.0. The highest BCUT2D eigenvalue weighted by Crippen LogP contribution is 2.21. The molecule has 2 rings (SSSR count). The SMILES string of the molecule is CCC(C)NC(=O)c1cccc(C(=O)Nc2cc(Cl)ccc2C)c1. The van der Waals surface area contributed by atoms with Gasteiger partial charge in [-0.2, -0.15) is 0 Å². The van der Waals surface area contributed by atoms with Gasteiger partial charge in [-0.25, -0.2) is 0 Å². The summed E-state index contributed by atoms with van der Waals surface area (Å²) >= 11 is 5.97. The second-order valence-corrected chi connectivity index (χ2v) is 6.21. The van der Waals surface area contributed by atoms with Crippen molar-refractivity contribution in [3.05, 3.63) is 64.2 Å². The summed E-state index contributed by atoms with van der Waals surface area (Å²) in [6, 6.07) is 12.1. The lowest BCUT2D eigenvalue weighted by Crippen LogP contribution is -2.32. The molecule has 2 aromatic rings. The fourth-order valence-electron chi connectivity index (χ4n) is 2.13. The first-order valence-corrected chi connectivity index (χ1v) is 8.27. The molecule has 126 valence electrons. The minimum atomic E-state index is -0.279. The van der Waals surface area contributed by atoms with E-state index in [4.69, 9.17) is 11.6 Å². The van der Waals surface area contributed by atoms with Crippen molar-refractivity contribution in [2.75, 3.05) is 5.32 Å². The minimum Gasteiger partial charge on any atom is -0.350 e. The zero-order chi connectivity index (χ0) is 17.7. The zero-order valence-electron chi connectivity index (χ0n) is 14.0. The molecule has 0 saturated carbocycles. The Labute approximate surface area is 147 Å². The lowest BCUT2D eigenvalue weighted by atomic mass is 10.1. The Kier molecular flexibility index (Phi) is 5.99. The van der Waals surface area contributed by atoms with E-state index in [9.17, 15) is 9.59 Å². The molecule has 0 saturated heterocycles. The fourth-order valence-corrected chi connectivity index (χ4v) is 2.31. The normalized spacial score (nSPS) is 11.7. The third kappa shape index (κ3) is 4.59. The molecule has 0 fully saturated rings. The number of anilines is 1. The van der Waals surface area contributed by atoms with Crippen LogP contribution in [0.1, 0.15) is 46.5 Å². The summed E-state index contributed by atoms with van der Waals surface area (Å²) in [4.78, 5) is 24.6. The topological polar surface area (TPSA) is 58.2 Å². The first-order chi connectivity index (χ1) is 11.4. The predicted octanol–water partition coefficient (Wildman–Crippen LogP) is 4.43. The largest absolute Gasteiger partial charge is 0.350 e. The van der Waals surface area contributed by atoms with E-state index in [0.717, 1.165) is 12.0 Å². The first-order valence-electron chi connectivity index (χ1n) is 7.89. The number of aryl methyl sites for hydroxylation is 1. The highest BCUT2D eigenvalue weighted by molar-refractivity contribution is 6.31. The Morgan fingerprint density at radius 2 is 1.75 bits per heavy atom. The van der Waals surface area contributed by atoms with Crippen molar-refractivity contribution in [1.82, 2.24) is 5.32 Å². The molecule has 0 heterocycles. The second-order valence-electron chi connectivity index (χ2n) is 5.78. The predicted molar refractivity (Wildman–Crippen MR) is 97.8 cm³/mol. The number of rotatable bonds is 5. The lowest BCUT2D eigenvalue weighted by molar-refractivity contribution is 0.0939. The Hall–Kier alpha value is -2.33. The van der Waals surface area contributed by atoms with Gasteiger partial charge in [-0.05, 0) is 56.2 Å². The molecule has 2 N–H and O–H groups in total. The molecular weight excluding hydrogens is 324 g/mol. The number of nitrogens with one attached hydrogen (secondary N) is 2. The molecule has 2 aromatic carbocycles. The van der Waals surface area contributed by atoms with Crippen LogP contribution in [0, 0.1) is 6.92 Å². The third-order valence-electron chi connectivity index (χ3n) is 3.82. The monoisotopic (exact) mass is 344 g/mol. The van der Waals surface area contributed by atoms with Crippen molar-refractivity contribution in [3.8, 4) is 0 Å². The lowest BCUT2D eigenvalue weighted by Gasteiger charge is -2.12. The quantitative estimate of drug-likeness (QED) is 0.843. The number of hydrogen-bond acceptors (Lipinski definition) is 2. The van der Waals surface area contributed by atoms with Gasteiger partial charge in [-0.1, -0.05) is 30.7 Å². The molecule has 1 atom stereocenters. The van der Waals surface area contributed by atoms with Crippen molar-refractivity contribution >= 4 is 29.1 Å². The van der Waals surface area contributed by atoms with E-state index in [2.05, 4.69) is 10.6 Å². The highest BCUT2D eigenvalue weighted by Gasteiger charge is 2.13. The van der Waals surface area contributed by atoms with Gasteiger partial charge in [0, 0.05) is 27.9 Å². The van der Waals surface area contributed by atoms with Crippen molar-refractivity contribution in [2.45, 2.75) is 33.2 Å². The number of benzene rings is 2. The molecule has 0 bridgehead atoms. The Morgan fingerprint density at radius 1 is 1.08 bits per heavy atom. The molecule has 0 aromatic heterocycles. The molecule has 4 nitrogen and oxygen atoms in total. The average molecular weight is 345 g/mol. The molecule has 0 radical (unpaired) electrons. The van der Waals surface area contributed by atoms with Crippen LogP contribution in [0.5, 0.6) is 0 Å². The molecule has 0 aliphatic heterocycles. The van der Waals surface area contributed by atoms with Crippen LogP contribution in [0.4, 0.5) is 5.69 Å². The van der Waals surface area contributed by atoms with Gasteiger partial charge in [0.05, 0.1) is 0 Å². The van der Waals surface area contributed by atoms with E-state index in [0.29, 0.717) is 21.8 Å². The van der Waals surface area contributed by atoms with Gasteiger partial charge in [0.2, 0.25) is 0 Å². The maximum atomic E-state index is 12.4. The number of carbonyl (C=O) groups is 2. The molecule has 24 heavy (non-hydrogen) atoms. The Balaban J connectivity index is 2.17. The Bertz CT molecular complexity index is 759. The maximum Gasteiger partial charge on any atom is 0.255 e. The maximum absolute atomic E-state index is 12.4. The van der Waals surface area contributed by atoms with E-state index < -0.39 is 0 Å². The van der Waals surface area contributed by atoms with Crippen LogP contribution in [0.25, 0.3) is 0 Å². The van der Waals surface area contributed by atoms with Crippen LogP contribution in [0.3, 0.4) is 0 Å². The van der Waals surface area contributed by atoms with Crippen LogP contribution in [0.2, 0.25) is 5.02 Å². The van der Waals surface area contributed by atoms with Crippen molar-refractivity contribution in [2.24, 2.45) is 0 Å². The smallest absolute Gasteiger partial charge is 0.255 e. The number of carbonyl (C=O) groups excluding carboxylic acids is 2. The van der Waals surface area contributed by atoms with E-state index in [-0.39, 0.29) is 17.9 Å². The number of amides is 2. The third-order valence-corrected chi connectivity index (χ3v) is 4.06. The molecule has 0 spiro atoms. The summed E-state index contributed by atoms with van der Waals surface area (Å²) < 4.78 is 0. The van der Waals surface area contributed by atoms with Crippen LogP contribution in [0.15, 0.2) is 42.5 Å². The van der Waals surface area contributed by atoms with Crippen molar-refractivity contribution < 1.29 is 9.59 Å². The molecule has 1 unspecified atom stereocenters. The highest BCUT2D eigenvalue weighted by atomic mass is 35.5. The van der Waals surface area contributed by atoms with Crippen LogP contribution in [-0.4, -0.2) is 17.9 Å². The van der Waals surface area contributed by atoms with Gasteiger partial charge in [0.25, 0.3) is 11.8 Å². The van der Waals surface area contributed by atoms with Gasteiger partial charge < -0.3 is 10.6 Å². The Morgan fingerprint density at radius 3 is 2.42 bits per heavy atom. The molecule has 0 aliphatic carbocycles. The summed E-state index contributed by atoms with van der Waals surface area (Å²) in [7, 11) is 0. The van der Waals surface area contributed by atoms with Crippen molar-refractivity contribution in [3.63, 3.8) is 0 Å².